The Bertz CT molecular complexity index is 1250. The van der Waals surface area contributed by atoms with Gasteiger partial charge in [0.05, 0.1) is 16.7 Å². The minimum absolute atomic E-state index is 0.0979. The third kappa shape index (κ3) is 3.79. The fourth-order valence-electron chi connectivity index (χ4n) is 3.10. The Morgan fingerprint density at radius 1 is 1.10 bits per heavy atom. The SMILES string of the molecule is C=CCn1c(=O)c2ccccc2n2c(SCC(=O)NCc3ccccc3)nnc12. The first kappa shape index (κ1) is 18.9. The van der Waals surface area contributed by atoms with Gasteiger partial charge in [-0.2, -0.15) is 0 Å². The summed E-state index contributed by atoms with van der Waals surface area (Å²) in [6, 6.07) is 17.0. The van der Waals surface area contributed by atoms with Crippen LogP contribution in [0.4, 0.5) is 0 Å². The van der Waals surface area contributed by atoms with Gasteiger partial charge in [0, 0.05) is 13.1 Å². The van der Waals surface area contributed by atoms with Gasteiger partial charge in [0.2, 0.25) is 11.7 Å². The summed E-state index contributed by atoms with van der Waals surface area (Å²) in [6.45, 7) is 4.52. The van der Waals surface area contributed by atoms with E-state index in [2.05, 4.69) is 22.1 Å². The molecule has 0 aliphatic heterocycles. The number of nitrogens with zero attached hydrogens (tertiary/aromatic N) is 4. The van der Waals surface area contributed by atoms with Gasteiger partial charge in [-0.05, 0) is 17.7 Å². The van der Waals surface area contributed by atoms with Gasteiger partial charge in [0.1, 0.15) is 0 Å². The van der Waals surface area contributed by atoms with Gasteiger partial charge in [-0.1, -0.05) is 60.3 Å². The van der Waals surface area contributed by atoms with Crippen molar-refractivity contribution in [2.45, 2.75) is 18.2 Å². The van der Waals surface area contributed by atoms with Crippen LogP contribution in [0.5, 0.6) is 0 Å². The molecule has 1 N–H and O–H groups in total. The molecule has 0 spiro atoms. The van der Waals surface area contributed by atoms with Gasteiger partial charge < -0.3 is 5.32 Å². The van der Waals surface area contributed by atoms with Crippen molar-refractivity contribution < 1.29 is 4.79 Å². The van der Waals surface area contributed by atoms with E-state index in [4.69, 9.17) is 0 Å². The van der Waals surface area contributed by atoms with Crippen LogP contribution in [0.25, 0.3) is 16.7 Å². The maximum atomic E-state index is 12.8. The molecule has 0 saturated heterocycles. The normalized spacial score (nSPS) is 11.0. The molecule has 4 aromatic rings. The Balaban J connectivity index is 1.60. The lowest BCUT2D eigenvalue weighted by atomic mass is 10.2. The van der Waals surface area contributed by atoms with Crippen LogP contribution in [0.1, 0.15) is 5.56 Å². The number of amides is 1. The van der Waals surface area contributed by atoms with Crippen LogP contribution in [-0.2, 0) is 17.9 Å². The second-order valence-electron chi connectivity index (χ2n) is 6.39. The summed E-state index contributed by atoms with van der Waals surface area (Å²) in [5.41, 5.74) is 1.61. The fraction of sp³-hybridized carbons (Fsp3) is 0.143. The van der Waals surface area contributed by atoms with Crippen molar-refractivity contribution in [3.05, 3.63) is 83.2 Å². The molecule has 2 aromatic carbocycles. The van der Waals surface area contributed by atoms with Crippen LogP contribution in [0, 0.1) is 0 Å². The van der Waals surface area contributed by atoms with Crippen LogP contribution in [0.3, 0.4) is 0 Å². The number of thioether (sulfide) groups is 1. The highest BCUT2D eigenvalue weighted by Crippen LogP contribution is 2.21. The van der Waals surface area contributed by atoms with Crippen molar-refractivity contribution in [2.24, 2.45) is 0 Å². The first-order valence-electron chi connectivity index (χ1n) is 9.10. The molecule has 1 amide bonds. The zero-order chi connectivity index (χ0) is 20.2. The highest BCUT2D eigenvalue weighted by Gasteiger charge is 2.17. The number of fused-ring (bicyclic) bond motifs is 3. The fourth-order valence-corrected chi connectivity index (χ4v) is 3.87. The summed E-state index contributed by atoms with van der Waals surface area (Å²) in [6.07, 6.45) is 1.65. The van der Waals surface area contributed by atoms with Gasteiger partial charge in [0.15, 0.2) is 5.16 Å². The van der Waals surface area contributed by atoms with Crippen LogP contribution in [0.15, 0.2) is 77.2 Å². The standard InChI is InChI=1S/C21H19N5O2S/c1-2-12-25-19(28)16-10-6-7-11-17(16)26-20(25)23-24-21(26)29-14-18(27)22-13-15-8-4-3-5-9-15/h2-11H,1,12-14H2,(H,22,27). The summed E-state index contributed by atoms with van der Waals surface area (Å²) in [5.74, 6) is 0.530. The monoisotopic (exact) mass is 405 g/mol. The van der Waals surface area contributed by atoms with Crippen molar-refractivity contribution in [3.8, 4) is 0 Å². The number of carbonyl (C=O) groups is 1. The molecule has 8 heteroatoms. The van der Waals surface area contributed by atoms with Gasteiger partial charge in [-0.3, -0.25) is 18.6 Å². The number of benzene rings is 2. The zero-order valence-corrected chi connectivity index (χ0v) is 16.4. The van der Waals surface area contributed by atoms with E-state index in [0.717, 1.165) is 5.56 Å². The smallest absolute Gasteiger partial charge is 0.263 e. The van der Waals surface area contributed by atoms with Gasteiger partial charge in [-0.15, -0.1) is 16.8 Å². The third-order valence-corrected chi connectivity index (χ3v) is 5.38. The second-order valence-corrected chi connectivity index (χ2v) is 7.33. The number of carbonyl (C=O) groups excluding carboxylic acids is 1. The number of nitrogens with one attached hydrogen (secondary N) is 1. The number of allylic oxidation sites excluding steroid dienone is 1. The number of aromatic nitrogens is 4. The molecule has 2 aromatic heterocycles. The Labute approximate surface area is 171 Å². The van der Waals surface area contributed by atoms with E-state index in [1.165, 1.54) is 16.3 Å². The van der Waals surface area contributed by atoms with Crippen molar-refractivity contribution in [1.29, 1.82) is 0 Å². The van der Waals surface area contributed by atoms with E-state index in [1.54, 1.807) is 12.1 Å². The van der Waals surface area contributed by atoms with Crippen LogP contribution < -0.4 is 10.9 Å². The highest BCUT2D eigenvalue weighted by atomic mass is 32.2. The Morgan fingerprint density at radius 2 is 1.86 bits per heavy atom. The van der Waals surface area contributed by atoms with Crippen LogP contribution >= 0.6 is 11.8 Å². The first-order valence-corrected chi connectivity index (χ1v) is 10.1. The molecule has 0 radical (unpaired) electrons. The van der Waals surface area contributed by atoms with Crippen molar-refractivity contribution in [2.75, 3.05) is 5.75 Å². The van der Waals surface area contributed by atoms with Gasteiger partial charge in [-0.25, -0.2) is 0 Å². The lowest BCUT2D eigenvalue weighted by Crippen LogP contribution is -2.25. The summed E-state index contributed by atoms with van der Waals surface area (Å²) in [7, 11) is 0. The Morgan fingerprint density at radius 3 is 2.66 bits per heavy atom. The summed E-state index contributed by atoms with van der Waals surface area (Å²) in [5, 5.41) is 12.4. The molecule has 0 fully saturated rings. The van der Waals surface area contributed by atoms with E-state index in [-0.39, 0.29) is 17.2 Å². The molecule has 0 bridgehead atoms. The van der Waals surface area contributed by atoms with E-state index in [1.807, 2.05) is 52.9 Å². The molecule has 0 aliphatic rings. The van der Waals surface area contributed by atoms with Crippen molar-refractivity contribution in [3.63, 3.8) is 0 Å². The minimum atomic E-state index is -0.141. The third-order valence-electron chi connectivity index (χ3n) is 4.45. The number of rotatable bonds is 7. The maximum absolute atomic E-state index is 12.8. The van der Waals surface area contributed by atoms with E-state index >= 15 is 0 Å². The van der Waals surface area contributed by atoms with Gasteiger partial charge in [0.25, 0.3) is 5.56 Å². The average molecular weight is 405 g/mol. The predicted octanol–water partition coefficient (Wildman–Crippen LogP) is 2.64. The molecule has 2 heterocycles. The van der Waals surface area contributed by atoms with E-state index < -0.39 is 0 Å². The quantitative estimate of drug-likeness (QED) is 0.378. The van der Waals surface area contributed by atoms with Crippen molar-refractivity contribution in [1.82, 2.24) is 24.5 Å². The lowest BCUT2D eigenvalue weighted by molar-refractivity contribution is -0.118. The van der Waals surface area contributed by atoms with Crippen LogP contribution in [0.2, 0.25) is 0 Å². The minimum Gasteiger partial charge on any atom is -0.351 e. The zero-order valence-electron chi connectivity index (χ0n) is 15.6. The predicted molar refractivity (Wildman–Crippen MR) is 114 cm³/mol. The topological polar surface area (TPSA) is 81.3 Å². The Kier molecular flexibility index (Phi) is 5.44. The largest absolute Gasteiger partial charge is 0.351 e. The summed E-state index contributed by atoms with van der Waals surface area (Å²) >= 11 is 1.28. The van der Waals surface area contributed by atoms with E-state index in [9.17, 15) is 9.59 Å². The Hall–Kier alpha value is -3.39. The highest BCUT2D eigenvalue weighted by molar-refractivity contribution is 7.99. The first-order chi connectivity index (χ1) is 14.2. The molecular formula is C21H19N5O2S. The average Bonchev–Trinajstić information content (AvgIpc) is 3.18. The molecule has 0 unspecified atom stereocenters. The molecule has 0 atom stereocenters. The van der Waals surface area contributed by atoms with Gasteiger partial charge >= 0.3 is 0 Å². The van der Waals surface area contributed by atoms with E-state index in [0.29, 0.717) is 34.9 Å². The molecule has 7 nitrogen and oxygen atoms in total. The maximum Gasteiger partial charge on any atom is 0.263 e. The summed E-state index contributed by atoms with van der Waals surface area (Å²) in [4.78, 5) is 25.1. The molecular weight excluding hydrogens is 386 g/mol. The van der Waals surface area contributed by atoms with Crippen LogP contribution in [-0.4, -0.2) is 30.8 Å². The molecule has 29 heavy (non-hydrogen) atoms. The van der Waals surface area contributed by atoms with Crippen molar-refractivity contribution >= 4 is 34.3 Å². The molecule has 4 rings (SSSR count). The molecule has 0 aliphatic carbocycles. The number of hydrogen-bond donors (Lipinski definition) is 1. The summed E-state index contributed by atoms with van der Waals surface area (Å²) < 4.78 is 3.34. The lowest BCUT2D eigenvalue weighted by Gasteiger charge is -2.09. The number of hydrogen-bond acceptors (Lipinski definition) is 5. The number of para-hydroxylation sites is 1. The molecule has 146 valence electrons. The second kappa shape index (κ2) is 8.32. The molecule has 0 saturated carbocycles.